The fourth-order valence-corrected chi connectivity index (χ4v) is 2.17. The van der Waals surface area contributed by atoms with Crippen molar-refractivity contribution in [2.75, 3.05) is 0 Å². The minimum Gasteiger partial charge on any atom is -0.477 e. The summed E-state index contributed by atoms with van der Waals surface area (Å²) in [5.41, 5.74) is -1.38. The summed E-state index contributed by atoms with van der Waals surface area (Å²) in [6.45, 7) is -0.101. The number of benzene rings is 1. The third-order valence-corrected chi connectivity index (χ3v) is 3.52. The molecule has 1 aromatic carbocycles. The number of nitrogens with one attached hydrogen (secondary N) is 1. The zero-order valence-corrected chi connectivity index (χ0v) is 12.7. The lowest BCUT2D eigenvalue weighted by Crippen LogP contribution is -2.31. The second kappa shape index (κ2) is 6.62. The highest BCUT2D eigenvalue weighted by Gasteiger charge is 2.18. The summed E-state index contributed by atoms with van der Waals surface area (Å²) < 4.78 is 14.6. The zero-order valence-electron chi connectivity index (χ0n) is 12.0. The van der Waals surface area contributed by atoms with Crippen LogP contribution >= 0.6 is 11.6 Å². The monoisotopic (exact) mass is 338 g/mol. The number of hydrogen-bond acceptors (Lipinski definition) is 3. The van der Waals surface area contributed by atoms with Gasteiger partial charge in [-0.3, -0.25) is 9.59 Å². The predicted octanol–water partition coefficient (Wildman–Crippen LogP) is 1.81. The molecule has 0 aliphatic rings. The molecule has 0 atom stereocenters. The van der Waals surface area contributed by atoms with E-state index in [1.807, 2.05) is 0 Å². The predicted molar refractivity (Wildman–Crippen MR) is 81.2 cm³/mol. The molecule has 0 saturated heterocycles. The molecule has 8 heteroatoms. The Labute approximate surface area is 135 Å². The summed E-state index contributed by atoms with van der Waals surface area (Å²) >= 11 is 5.78. The van der Waals surface area contributed by atoms with Gasteiger partial charge in [-0.15, -0.1) is 0 Å². The van der Waals surface area contributed by atoms with Gasteiger partial charge in [-0.1, -0.05) is 23.7 Å². The van der Waals surface area contributed by atoms with Crippen molar-refractivity contribution in [3.8, 4) is 0 Å². The number of carboxylic acids is 1. The minimum absolute atomic E-state index is 0.101. The van der Waals surface area contributed by atoms with Crippen molar-refractivity contribution in [1.82, 2.24) is 9.88 Å². The number of aryl methyl sites for hydroxylation is 1. The van der Waals surface area contributed by atoms with E-state index in [0.717, 1.165) is 6.20 Å². The van der Waals surface area contributed by atoms with Crippen molar-refractivity contribution in [1.29, 1.82) is 0 Å². The van der Waals surface area contributed by atoms with Crippen molar-refractivity contribution >= 4 is 23.5 Å². The number of nitrogens with zero attached hydrogens (tertiary/aromatic N) is 1. The SMILES string of the molecule is Cn1cc(C(=O)O)c(=O)c(C(=O)NCc2cccc(F)c2Cl)c1. The molecule has 0 aliphatic heterocycles. The molecule has 23 heavy (non-hydrogen) atoms. The van der Waals surface area contributed by atoms with E-state index in [-0.39, 0.29) is 17.1 Å². The van der Waals surface area contributed by atoms with Crippen molar-refractivity contribution < 1.29 is 19.1 Å². The van der Waals surface area contributed by atoms with E-state index >= 15 is 0 Å². The Balaban J connectivity index is 2.27. The number of carbonyl (C=O) groups excluding carboxylic acids is 1. The number of carbonyl (C=O) groups is 2. The van der Waals surface area contributed by atoms with Crippen LogP contribution in [0, 0.1) is 5.82 Å². The molecule has 2 aromatic rings. The summed E-state index contributed by atoms with van der Waals surface area (Å²) in [7, 11) is 1.49. The van der Waals surface area contributed by atoms with Crippen LogP contribution in [0.25, 0.3) is 0 Å². The lowest BCUT2D eigenvalue weighted by Gasteiger charge is -2.09. The van der Waals surface area contributed by atoms with Gasteiger partial charge in [0.15, 0.2) is 0 Å². The van der Waals surface area contributed by atoms with E-state index in [9.17, 15) is 18.8 Å². The van der Waals surface area contributed by atoms with Crippen molar-refractivity contribution in [3.05, 3.63) is 68.3 Å². The maximum absolute atomic E-state index is 13.3. The normalized spacial score (nSPS) is 10.4. The van der Waals surface area contributed by atoms with Crippen LogP contribution in [-0.2, 0) is 13.6 Å². The molecular weight excluding hydrogens is 327 g/mol. The highest BCUT2D eigenvalue weighted by Crippen LogP contribution is 2.19. The van der Waals surface area contributed by atoms with Crippen LogP contribution in [0.4, 0.5) is 4.39 Å². The molecule has 1 aromatic heterocycles. The largest absolute Gasteiger partial charge is 0.477 e. The molecule has 0 unspecified atom stereocenters. The van der Waals surface area contributed by atoms with Crippen LogP contribution in [-0.4, -0.2) is 21.6 Å². The third-order valence-electron chi connectivity index (χ3n) is 3.10. The molecule has 120 valence electrons. The smallest absolute Gasteiger partial charge is 0.341 e. The van der Waals surface area contributed by atoms with Crippen LogP contribution in [0.15, 0.2) is 35.4 Å². The molecular formula is C15H12ClFN2O4. The van der Waals surface area contributed by atoms with Crippen LogP contribution in [0.2, 0.25) is 5.02 Å². The molecule has 0 radical (unpaired) electrons. The maximum Gasteiger partial charge on any atom is 0.341 e. The van der Waals surface area contributed by atoms with Crippen molar-refractivity contribution in [2.45, 2.75) is 6.54 Å². The summed E-state index contributed by atoms with van der Waals surface area (Å²) in [6.07, 6.45) is 2.34. The van der Waals surface area contributed by atoms with Crippen LogP contribution in [0.5, 0.6) is 0 Å². The minimum atomic E-state index is -1.42. The van der Waals surface area contributed by atoms with E-state index in [1.54, 1.807) is 0 Å². The van der Waals surface area contributed by atoms with E-state index < -0.39 is 28.7 Å². The number of pyridine rings is 1. The van der Waals surface area contributed by atoms with Gasteiger partial charge in [0.1, 0.15) is 16.9 Å². The fourth-order valence-electron chi connectivity index (χ4n) is 1.98. The van der Waals surface area contributed by atoms with Crippen molar-refractivity contribution in [3.63, 3.8) is 0 Å². The molecule has 0 bridgehead atoms. The van der Waals surface area contributed by atoms with E-state index in [4.69, 9.17) is 16.7 Å². The third kappa shape index (κ3) is 3.57. The Morgan fingerprint density at radius 3 is 2.61 bits per heavy atom. The van der Waals surface area contributed by atoms with Crippen LogP contribution < -0.4 is 10.7 Å². The Morgan fingerprint density at radius 2 is 1.96 bits per heavy atom. The van der Waals surface area contributed by atoms with Gasteiger partial charge in [-0.25, -0.2) is 9.18 Å². The van der Waals surface area contributed by atoms with E-state index in [1.165, 1.54) is 36.0 Å². The van der Waals surface area contributed by atoms with Gasteiger partial charge < -0.3 is 15.0 Å². The summed E-state index contributed by atoms with van der Waals surface area (Å²) in [4.78, 5) is 35.1. The fraction of sp³-hybridized carbons (Fsp3) is 0.133. The molecule has 0 saturated carbocycles. The molecule has 0 spiro atoms. The van der Waals surface area contributed by atoms with Gasteiger partial charge in [0.2, 0.25) is 5.43 Å². The molecule has 0 aliphatic carbocycles. The topological polar surface area (TPSA) is 88.4 Å². The average Bonchev–Trinajstić information content (AvgIpc) is 2.50. The second-order valence-electron chi connectivity index (χ2n) is 4.78. The van der Waals surface area contributed by atoms with Crippen molar-refractivity contribution in [2.24, 2.45) is 7.05 Å². The lowest BCUT2D eigenvalue weighted by atomic mass is 10.1. The molecule has 2 rings (SSSR count). The highest BCUT2D eigenvalue weighted by molar-refractivity contribution is 6.31. The van der Waals surface area contributed by atoms with E-state index in [0.29, 0.717) is 5.56 Å². The maximum atomic E-state index is 13.3. The highest BCUT2D eigenvalue weighted by atomic mass is 35.5. The molecule has 1 heterocycles. The first-order chi connectivity index (χ1) is 10.8. The lowest BCUT2D eigenvalue weighted by molar-refractivity contribution is 0.0694. The standard InChI is InChI=1S/C15H12ClFN2O4/c1-19-6-9(13(20)10(7-19)15(22)23)14(21)18-5-8-3-2-4-11(17)12(8)16/h2-4,6-7H,5H2,1H3,(H,18,21)(H,22,23). The Bertz CT molecular complexity index is 848. The van der Waals surface area contributed by atoms with Gasteiger partial charge in [-0.05, 0) is 11.6 Å². The first kappa shape index (κ1) is 16.7. The number of aromatic nitrogens is 1. The second-order valence-corrected chi connectivity index (χ2v) is 5.16. The summed E-state index contributed by atoms with van der Waals surface area (Å²) in [5, 5.41) is 11.3. The van der Waals surface area contributed by atoms with E-state index in [2.05, 4.69) is 5.32 Å². The number of rotatable bonds is 4. The molecule has 6 nitrogen and oxygen atoms in total. The Kier molecular flexibility index (Phi) is 4.80. The number of halogens is 2. The van der Waals surface area contributed by atoms with Gasteiger partial charge in [0, 0.05) is 26.0 Å². The quantitative estimate of drug-likeness (QED) is 0.889. The molecule has 2 N–H and O–H groups in total. The number of carboxylic acid groups (broad SMARTS) is 1. The Morgan fingerprint density at radius 1 is 1.30 bits per heavy atom. The summed E-state index contributed by atoms with van der Waals surface area (Å²) in [6, 6.07) is 4.14. The van der Waals surface area contributed by atoms with Gasteiger partial charge in [0.25, 0.3) is 5.91 Å². The van der Waals surface area contributed by atoms with Gasteiger partial charge >= 0.3 is 5.97 Å². The number of aromatic carboxylic acids is 1. The number of amides is 1. The first-order valence-electron chi connectivity index (χ1n) is 6.46. The molecule has 1 amide bonds. The van der Waals surface area contributed by atoms with Crippen LogP contribution in [0.3, 0.4) is 0 Å². The van der Waals surface area contributed by atoms with Gasteiger partial charge in [0.05, 0.1) is 5.02 Å². The first-order valence-corrected chi connectivity index (χ1v) is 6.83. The number of hydrogen-bond donors (Lipinski definition) is 2. The average molecular weight is 339 g/mol. The zero-order chi connectivity index (χ0) is 17.1. The van der Waals surface area contributed by atoms with Crippen LogP contribution in [0.1, 0.15) is 26.3 Å². The Hall–Kier alpha value is -2.67. The summed E-state index contributed by atoms with van der Waals surface area (Å²) in [5.74, 6) is -2.82. The van der Waals surface area contributed by atoms with Gasteiger partial charge in [-0.2, -0.15) is 0 Å². The molecule has 0 fully saturated rings.